The number of hydrogen-bond donors (Lipinski definition) is 4. The maximum absolute atomic E-state index is 11.9. The van der Waals surface area contributed by atoms with Crippen molar-refractivity contribution in [3.8, 4) is 0 Å². The van der Waals surface area contributed by atoms with E-state index in [1.54, 1.807) is 0 Å². The minimum atomic E-state index is -1.09. The van der Waals surface area contributed by atoms with E-state index in [9.17, 15) is 14.7 Å². The Morgan fingerprint density at radius 1 is 0.852 bits per heavy atom. The molecule has 1 amide bonds. The monoisotopic (exact) mass is 405 g/mol. The van der Waals surface area contributed by atoms with E-state index in [1.165, 1.54) is 51.4 Å². The van der Waals surface area contributed by atoms with Crippen LogP contribution < -0.4 is 5.32 Å². The lowest BCUT2D eigenvalue weighted by Crippen LogP contribution is -2.43. The first-order valence-electron chi connectivity index (χ1n) is 10.4. The van der Waals surface area contributed by atoms with Gasteiger partial charge in [0.1, 0.15) is 6.04 Å². The molecule has 0 rings (SSSR count). The number of hydrogen-bond acceptors (Lipinski definition) is 5. The lowest BCUT2D eigenvalue weighted by molar-refractivity contribution is -0.141. The van der Waals surface area contributed by atoms with E-state index in [0.717, 1.165) is 31.0 Å². The Morgan fingerprint density at radius 2 is 1.33 bits per heavy atom. The van der Waals surface area contributed by atoms with Crippen molar-refractivity contribution in [1.82, 2.24) is 5.32 Å². The SMILES string of the molecule is CCCCCCCCCCCCCC(=O)N[C@@H](CSC(CO)CO)C(=O)O. The fraction of sp³-hybridized carbons (Fsp3) is 0.900. The van der Waals surface area contributed by atoms with Gasteiger partial charge in [-0.25, -0.2) is 4.79 Å². The molecule has 0 unspecified atom stereocenters. The molecule has 0 radical (unpaired) electrons. The zero-order valence-electron chi connectivity index (χ0n) is 16.8. The van der Waals surface area contributed by atoms with Gasteiger partial charge in [-0.15, -0.1) is 0 Å². The average molecular weight is 406 g/mol. The smallest absolute Gasteiger partial charge is 0.327 e. The predicted molar refractivity (Wildman–Crippen MR) is 111 cm³/mol. The van der Waals surface area contributed by atoms with E-state index >= 15 is 0 Å². The van der Waals surface area contributed by atoms with Crippen molar-refractivity contribution in [3.63, 3.8) is 0 Å². The van der Waals surface area contributed by atoms with Crippen LogP contribution in [0.15, 0.2) is 0 Å². The second kappa shape index (κ2) is 18.6. The largest absolute Gasteiger partial charge is 0.480 e. The Kier molecular flexibility index (Phi) is 18.0. The quantitative estimate of drug-likeness (QED) is 0.246. The van der Waals surface area contributed by atoms with Crippen LogP contribution in [0.4, 0.5) is 0 Å². The molecule has 4 N–H and O–H groups in total. The summed E-state index contributed by atoms with van der Waals surface area (Å²) >= 11 is 1.15. The summed E-state index contributed by atoms with van der Waals surface area (Å²) in [5.41, 5.74) is 0. The summed E-state index contributed by atoms with van der Waals surface area (Å²) in [6, 6.07) is -0.990. The Labute approximate surface area is 168 Å². The zero-order chi connectivity index (χ0) is 20.3. The van der Waals surface area contributed by atoms with Crippen molar-refractivity contribution in [3.05, 3.63) is 0 Å². The molecule has 0 aliphatic carbocycles. The Balaban J connectivity index is 3.71. The van der Waals surface area contributed by atoms with Crippen LogP contribution in [0.5, 0.6) is 0 Å². The van der Waals surface area contributed by atoms with Crippen molar-refractivity contribution in [2.45, 2.75) is 95.3 Å². The normalized spacial score (nSPS) is 12.3. The van der Waals surface area contributed by atoms with Crippen molar-refractivity contribution >= 4 is 23.6 Å². The van der Waals surface area contributed by atoms with Gasteiger partial charge in [-0.1, -0.05) is 71.1 Å². The summed E-state index contributed by atoms with van der Waals surface area (Å²) in [7, 11) is 0. The van der Waals surface area contributed by atoms with Crippen LogP contribution >= 0.6 is 11.8 Å². The second-order valence-corrected chi connectivity index (χ2v) is 8.40. The summed E-state index contributed by atoms with van der Waals surface area (Å²) in [6.45, 7) is 1.78. The number of nitrogens with one attached hydrogen (secondary N) is 1. The molecule has 0 aromatic rings. The molecule has 1 atom stereocenters. The first-order chi connectivity index (χ1) is 13.0. The number of carboxylic acid groups (broad SMARTS) is 1. The zero-order valence-corrected chi connectivity index (χ0v) is 17.6. The molecule has 0 saturated heterocycles. The van der Waals surface area contributed by atoms with Gasteiger partial charge >= 0.3 is 5.97 Å². The molecule has 0 aromatic carbocycles. The predicted octanol–water partition coefficient (Wildman–Crippen LogP) is 3.34. The van der Waals surface area contributed by atoms with Crippen molar-refractivity contribution < 1.29 is 24.9 Å². The maximum Gasteiger partial charge on any atom is 0.327 e. The van der Waals surface area contributed by atoms with Crippen LogP contribution in [-0.2, 0) is 9.59 Å². The maximum atomic E-state index is 11.9. The summed E-state index contributed by atoms with van der Waals surface area (Å²) in [5.74, 6) is -1.21. The van der Waals surface area contributed by atoms with Gasteiger partial charge in [0.15, 0.2) is 0 Å². The minimum Gasteiger partial charge on any atom is -0.480 e. The van der Waals surface area contributed by atoms with E-state index in [2.05, 4.69) is 12.2 Å². The number of unbranched alkanes of at least 4 members (excludes halogenated alkanes) is 10. The standard InChI is InChI=1S/C20H39NO5S/c1-2-3-4-5-6-7-8-9-10-11-12-13-19(24)21-18(20(25)26)16-27-17(14-22)15-23/h17-18,22-23H,2-16H2,1H3,(H,21,24)(H,25,26)/t18-/m0/s1. The molecular formula is C20H39NO5S. The van der Waals surface area contributed by atoms with Crippen LogP contribution in [-0.4, -0.2) is 57.5 Å². The highest BCUT2D eigenvalue weighted by atomic mass is 32.2. The number of carbonyl (C=O) groups excluding carboxylic acids is 1. The summed E-state index contributed by atoms with van der Waals surface area (Å²) in [4.78, 5) is 23.2. The van der Waals surface area contributed by atoms with Crippen LogP contribution in [0, 0.1) is 0 Å². The van der Waals surface area contributed by atoms with Gasteiger partial charge in [0, 0.05) is 12.2 Å². The number of aliphatic hydroxyl groups excluding tert-OH is 2. The van der Waals surface area contributed by atoms with Gasteiger partial charge < -0.3 is 20.6 Å². The molecule has 160 valence electrons. The molecule has 7 heteroatoms. The number of amides is 1. The highest BCUT2D eigenvalue weighted by Gasteiger charge is 2.21. The van der Waals surface area contributed by atoms with Crippen molar-refractivity contribution in [1.29, 1.82) is 0 Å². The number of aliphatic hydroxyl groups is 2. The molecule has 27 heavy (non-hydrogen) atoms. The minimum absolute atomic E-state index is 0.130. The Hall–Kier alpha value is -0.790. The van der Waals surface area contributed by atoms with Crippen LogP contribution in [0.2, 0.25) is 0 Å². The highest BCUT2D eigenvalue weighted by Crippen LogP contribution is 2.13. The molecule has 0 bridgehead atoms. The fourth-order valence-electron chi connectivity index (χ4n) is 2.79. The second-order valence-electron chi connectivity index (χ2n) is 7.06. The summed E-state index contributed by atoms with van der Waals surface area (Å²) in [5, 5.41) is 29.3. The van der Waals surface area contributed by atoms with Crippen LogP contribution in [0.1, 0.15) is 84.0 Å². The van der Waals surface area contributed by atoms with Gasteiger partial charge in [0.2, 0.25) is 5.91 Å². The molecule has 0 heterocycles. The van der Waals surface area contributed by atoms with Crippen molar-refractivity contribution in [2.75, 3.05) is 19.0 Å². The third-order valence-corrected chi connectivity index (χ3v) is 5.84. The lowest BCUT2D eigenvalue weighted by atomic mass is 10.1. The Bertz CT molecular complexity index is 377. The van der Waals surface area contributed by atoms with E-state index in [4.69, 9.17) is 10.2 Å². The van der Waals surface area contributed by atoms with Crippen LogP contribution in [0.25, 0.3) is 0 Å². The molecule has 0 spiro atoms. The van der Waals surface area contributed by atoms with Crippen molar-refractivity contribution in [2.24, 2.45) is 0 Å². The fourth-order valence-corrected chi connectivity index (χ4v) is 3.69. The number of thioether (sulfide) groups is 1. The van der Waals surface area contributed by atoms with Gasteiger partial charge in [-0.3, -0.25) is 4.79 Å². The lowest BCUT2D eigenvalue weighted by Gasteiger charge is -2.17. The topological polar surface area (TPSA) is 107 Å². The molecule has 0 aromatic heterocycles. The molecule has 0 fully saturated rings. The summed E-state index contributed by atoms with van der Waals surface area (Å²) < 4.78 is 0. The molecule has 0 aliphatic heterocycles. The third-order valence-electron chi connectivity index (χ3n) is 4.55. The summed E-state index contributed by atoms with van der Waals surface area (Å²) in [6.07, 6.45) is 13.6. The van der Waals surface area contributed by atoms with Gasteiger partial charge in [0.25, 0.3) is 0 Å². The Morgan fingerprint density at radius 3 is 1.78 bits per heavy atom. The van der Waals surface area contributed by atoms with Gasteiger partial charge in [0.05, 0.1) is 18.5 Å². The first kappa shape index (κ1) is 26.2. The van der Waals surface area contributed by atoms with Crippen LogP contribution in [0.3, 0.4) is 0 Å². The van der Waals surface area contributed by atoms with E-state index < -0.39 is 17.3 Å². The number of carbonyl (C=O) groups is 2. The molecular weight excluding hydrogens is 366 g/mol. The molecule has 0 saturated carbocycles. The third kappa shape index (κ3) is 15.9. The molecule has 0 aliphatic rings. The van der Waals surface area contributed by atoms with Gasteiger partial charge in [-0.2, -0.15) is 11.8 Å². The van der Waals surface area contributed by atoms with Gasteiger partial charge in [-0.05, 0) is 6.42 Å². The van der Waals surface area contributed by atoms with E-state index in [0.29, 0.717) is 6.42 Å². The number of rotatable bonds is 19. The highest BCUT2D eigenvalue weighted by molar-refractivity contribution is 8.00. The number of carboxylic acids is 1. The first-order valence-corrected chi connectivity index (χ1v) is 11.5. The average Bonchev–Trinajstić information content (AvgIpc) is 2.65. The molecule has 6 nitrogen and oxygen atoms in total. The van der Waals surface area contributed by atoms with E-state index in [1.807, 2.05) is 0 Å². The van der Waals surface area contributed by atoms with E-state index in [-0.39, 0.29) is 24.9 Å². The number of aliphatic carboxylic acids is 1.